The van der Waals surface area contributed by atoms with Crippen molar-refractivity contribution in [2.45, 2.75) is 31.9 Å². The highest BCUT2D eigenvalue weighted by molar-refractivity contribution is 6.30. The van der Waals surface area contributed by atoms with Crippen LogP contribution < -0.4 is 10.2 Å². The predicted molar refractivity (Wildman–Crippen MR) is 63.7 cm³/mol. The van der Waals surface area contributed by atoms with Crippen molar-refractivity contribution < 1.29 is 9.57 Å². The molecular weight excluding hydrogens is 226 g/mol. The molecule has 2 rings (SSSR count). The third-order valence-electron chi connectivity index (χ3n) is 2.78. The van der Waals surface area contributed by atoms with E-state index in [1.807, 2.05) is 18.2 Å². The minimum atomic E-state index is 0.0946. The zero-order chi connectivity index (χ0) is 11.5. The second-order valence-corrected chi connectivity index (χ2v) is 4.36. The highest BCUT2D eigenvalue weighted by Gasteiger charge is 2.33. The van der Waals surface area contributed by atoms with E-state index in [0.29, 0.717) is 5.02 Å². The summed E-state index contributed by atoms with van der Waals surface area (Å²) in [6.07, 6.45) is 2.19. The fourth-order valence-electron chi connectivity index (χ4n) is 2.08. The molecule has 1 aromatic rings. The van der Waals surface area contributed by atoms with E-state index in [4.69, 9.17) is 21.2 Å². The second-order valence-electron chi connectivity index (χ2n) is 3.93. The summed E-state index contributed by atoms with van der Waals surface area (Å²) in [5.41, 5.74) is 4.10. The molecular formula is C12H16ClNO2. The first-order valence-corrected chi connectivity index (χ1v) is 5.88. The van der Waals surface area contributed by atoms with E-state index in [1.165, 1.54) is 0 Å². The van der Waals surface area contributed by atoms with E-state index in [9.17, 15) is 0 Å². The average molecular weight is 242 g/mol. The molecule has 0 radical (unpaired) electrons. The first-order valence-electron chi connectivity index (χ1n) is 5.51. The Hall–Kier alpha value is -0.770. The summed E-state index contributed by atoms with van der Waals surface area (Å²) in [6, 6.07) is 5.82. The fourth-order valence-corrected chi connectivity index (χ4v) is 2.24. The summed E-state index contributed by atoms with van der Waals surface area (Å²) in [7, 11) is 1.62. The summed E-state index contributed by atoms with van der Waals surface area (Å²) in [5.74, 6) is 0.862. The van der Waals surface area contributed by atoms with Crippen LogP contribution >= 0.6 is 11.6 Å². The molecule has 0 fully saturated rings. The van der Waals surface area contributed by atoms with Gasteiger partial charge in [-0.2, -0.15) is 5.48 Å². The number of ether oxygens (including phenoxy) is 1. The first kappa shape index (κ1) is 11.7. The van der Waals surface area contributed by atoms with Crippen LogP contribution in [0.15, 0.2) is 18.2 Å². The number of hydroxylamine groups is 1. The number of benzene rings is 1. The van der Waals surface area contributed by atoms with Gasteiger partial charge in [-0.1, -0.05) is 31.0 Å². The van der Waals surface area contributed by atoms with Gasteiger partial charge in [-0.05, 0) is 18.6 Å². The summed E-state index contributed by atoms with van der Waals surface area (Å²) in [5, 5.41) is 0.701. The third kappa shape index (κ3) is 2.17. The number of nitrogens with one attached hydrogen (secondary N) is 1. The van der Waals surface area contributed by atoms with E-state index in [0.717, 1.165) is 24.2 Å². The van der Waals surface area contributed by atoms with E-state index in [-0.39, 0.29) is 12.1 Å². The molecule has 1 aliphatic rings. The fraction of sp³-hybridized carbons (Fsp3) is 0.500. The molecule has 4 heteroatoms. The Morgan fingerprint density at radius 3 is 3.00 bits per heavy atom. The molecule has 1 aromatic carbocycles. The highest BCUT2D eigenvalue weighted by atomic mass is 35.5. The molecule has 0 saturated heterocycles. The Balaban J connectivity index is 2.25. The van der Waals surface area contributed by atoms with E-state index < -0.39 is 0 Å². The average Bonchev–Trinajstić information content (AvgIpc) is 2.57. The van der Waals surface area contributed by atoms with E-state index in [1.54, 1.807) is 7.11 Å². The van der Waals surface area contributed by atoms with Gasteiger partial charge in [0.25, 0.3) is 0 Å². The molecule has 0 saturated carbocycles. The normalized spacial score (nSPS) is 22.9. The monoisotopic (exact) mass is 241 g/mol. The van der Waals surface area contributed by atoms with Crippen LogP contribution in [0.1, 0.15) is 31.4 Å². The minimum absolute atomic E-state index is 0.0946. The molecule has 16 heavy (non-hydrogen) atoms. The van der Waals surface area contributed by atoms with Gasteiger partial charge in [0.15, 0.2) is 0 Å². The van der Waals surface area contributed by atoms with Crippen molar-refractivity contribution in [3.05, 3.63) is 28.8 Å². The lowest BCUT2D eigenvalue weighted by atomic mass is 10.0. The molecule has 0 bridgehead atoms. The van der Waals surface area contributed by atoms with Gasteiger partial charge < -0.3 is 9.57 Å². The van der Waals surface area contributed by atoms with Gasteiger partial charge in [0.2, 0.25) is 0 Å². The molecule has 1 N–H and O–H groups in total. The Morgan fingerprint density at radius 2 is 2.31 bits per heavy atom. The van der Waals surface area contributed by atoms with Crippen LogP contribution in [0.4, 0.5) is 0 Å². The maximum Gasteiger partial charge on any atom is 0.126 e. The molecule has 0 spiro atoms. The molecule has 88 valence electrons. The van der Waals surface area contributed by atoms with Crippen molar-refractivity contribution in [2.24, 2.45) is 0 Å². The van der Waals surface area contributed by atoms with Crippen LogP contribution in [0.3, 0.4) is 0 Å². The zero-order valence-corrected chi connectivity index (χ0v) is 10.3. The van der Waals surface area contributed by atoms with Crippen molar-refractivity contribution >= 4 is 11.6 Å². The van der Waals surface area contributed by atoms with Crippen molar-refractivity contribution in [2.75, 3.05) is 7.11 Å². The minimum Gasteiger partial charge on any atom is -0.488 e. The Morgan fingerprint density at radius 1 is 1.50 bits per heavy atom. The van der Waals surface area contributed by atoms with Crippen molar-refractivity contribution in [3.63, 3.8) is 0 Å². The largest absolute Gasteiger partial charge is 0.488 e. The number of hydrogen-bond donors (Lipinski definition) is 1. The van der Waals surface area contributed by atoms with Crippen molar-refractivity contribution in [1.82, 2.24) is 5.48 Å². The lowest BCUT2D eigenvalue weighted by molar-refractivity contribution is 0.0269. The molecule has 1 heterocycles. The number of halogens is 1. The Bertz CT molecular complexity index is 370. The van der Waals surface area contributed by atoms with Crippen LogP contribution in [0.5, 0.6) is 5.75 Å². The SMILES string of the molecule is CCCC1Oc2cc(Cl)ccc2C1NOC. The number of hydrogen-bond acceptors (Lipinski definition) is 3. The van der Waals surface area contributed by atoms with Gasteiger partial charge in [0.1, 0.15) is 11.9 Å². The lowest BCUT2D eigenvalue weighted by Crippen LogP contribution is -2.30. The molecule has 0 aromatic heterocycles. The molecule has 0 amide bonds. The van der Waals surface area contributed by atoms with E-state index >= 15 is 0 Å². The number of rotatable bonds is 4. The third-order valence-corrected chi connectivity index (χ3v) is 3.01. The molecule has 1 aliphatic heterocycles. The Labute approximate surface area is 101 Å². The van der Waals surface area contributed by atoms with Crippen LogP contribution in [-0.2, 0) is 4.84 Å². The van der Waals surface area contributed by atoms with Gasteiger partial charge >= 0.3 is 0 Å². The van der Waals surface area contributed by atoms with Crippen LogP contribution in [0, 0.1) is 0 Å². The zero-order valence-electron chi connectivity index (χ0n) is 9.50. The van der Waals surface area contributed by atoms with Gasteiger partial charge in [-0.25, -0.2) is 0 Å². The molecule has 0 aliphatic carbocycles. The van der Waals surface area contributed by atoms with Crippen molar-refractivity contribution in [1.29, 1.82) is 0 Å². The topological polar surface area (TPSA) is 30.5 Å². The van der Waals surface area contributed by atoms with Crippen LogP contribution in [0.25, 0.3) is 0 Å². The van der Waals surface area contributed by atoms with Crippen molar-refractivity contribution in [3.8, 4) is 5.75 Å². The van der Waals surface area contributed by atoms with Gasteiger partial charge in [0, 0.05) is 10.6 Å². The summed E-state index contributed by atoms with van der Waals surface area (Å²) in [6.45, 7) is 2.14. The standard InChI is InChI=1S/C12H16ClNO2/c1-3-4-10-12(14-15-2)9-6-5-8(13)7-11(9)16-10/h5-7,10,12,14H,3-4H2,1-2H3. The second kappa shape index (κ2) is 5.04. The van der Waals surface area contributed by atoms with Crippen LogP contribution in [0.2, 0.25) is 5.02 Å². The molecule has 2 atom stereocenters. The number of fused-ring (bicyclic) bond motifs is 1. The molecule has 3 nitrogen and oxygen atoms in total. The Kier molecular flexibility index (Phi) is 3.69. The maximum atomic E-state index is 5.94. The quantitative estimate of drug-likeness (QED) is 0.822. The summed E-state index contributed by atoms with van der Waals surface area (Å²) < 4.78 is 5.87. The predicted octanol–water partition coefficient (Wildman–Crippen LogP) is 3.09. The summed E-state index contributed by atoms with van der Waals surface area (Å²) >= 11 is 5.94. The van der Waals surface area contributed by atoms with Gasteiger partial charge in [-0.3, -0.25) is 0 Å². The smallest absolute Gasteiger partial charge is 0.126 e. The van der Waals surface area contributed by atoms with Gasteiger partial charge in [0.05, 0.1) is 13.2 Å². The summed E-state index contributed by atoms with van der Waals surface area (Å²) in [4.78, 5) is 5.03. The van der Waals surface area contributed by atoms with E-state index in [2.05, 4.69) is 12.4 Å². The lowest BCUT2D eigenvalue weighted by Gasteiger charge is -2.18. The highest BCUT2D eigenvalue weighted by Crippen LogP contribution is 2.39. The maximum absolute atomic E-state index is 5.94. The van der Waals surface area contributed by atoms with Gasteiger partial charge in [-0.15, -0.1) is 0 Å². The molecule has 2 unspecified atom stereocenters. The first-order chi connectivity index (χ1) is 7.76. The van der Waals surface area contributed by atoms with Crippen LogP contribution in [-0.4, -0.2) is 13.2 Å².